The van der Waals surface area contributed by atoms with Crippen molar-refractivity contribution in [1.29, 1.82) is 0 Å². The van der Waals surface area contributed by atoms with Crippen molar-refractivity contribution in [3.63, 3.8) is 0 Å². The van der Waals surface area contributed by atoms with Gasteiger partial charge in [0.2, 0.25) is 11.0 Å². The van der Waals surface area contributed by atoms with E-state index in [1.165, 1.54) is 48.3 Å². The number of hydrogen-bond acceptors (Lipinski definition) is 6. The zero-order valence-electron chi connectivity index (χ0n) is 12.4. The maximum Gasteiger partial charge on any atom is 0.330 e. The van der Waals surface area contributed by atoms with Gasteiger partial charge in [0.15, 0.2) is 0 Å². The van der Waals surface area contributed by atoms with Gasteiger partial charge in [-0.25, -0.2) is 4.79 Å². The van der Waals surface area contributed by atoms with Crippen LogP contribution in [0.3, 0.4) is 0 Å². The summed E-state index contributed by atoms with van der Waals surface area (Å²) in [5, 5.41) is 11.5. The minimum atomic E-state index is -0.462. The summed E-state index contributed by atoms with van der Waals surface area (Å²) in [4.78, 5) is 35.3. The Morgan fingerprint density at radius 1 is 1.36 bits per heavy atom. The Hall–Kier alpha value is -2.55. The molecule has 2 aromatic rings. The van der Waals surface area contributed by atoms with E-state index in [0.717, 1.165) is 16.0 Å². The summed E-state index contributed by atoms with van der Waals surface area (Å²) < 4.78 is 2.26. The third-order valence-electron chi connectivity index (χ3n) is 2.89. The molecule has 2 heterocycles. The van der Waals surface area contributed by atoms with Gasteiger partial charge < -0.3 is 4.57 Å². The summed E-state index contributed by atoms with van der Waals surface area (Å²) in [6.45, 7) is 1.95. The number of rotatable bonds is 4. The quantitative estimate of drug-likeness (QED) is 0.808. The average Bonchev–Trinajstić information content (AvgIpc) is 2.95. The molecule has 0 aliphatic carbocycles. The van der Waals surface area contributed by atoms with Gasteiger partial charge in [0.05, 0.1) is 5.56 Å². The van der Waals surface area contributed by atoms with Crippen LogP contribution in [0.5, 0.6) is 0 Å². The van der Waals surface area contributed by atoms with E-state index in [-0.39, 0.29) is 5.56 Å². The molecule has 0 aliphatic heterocycles. The molecule has 0 aliphatic rings. The van der Waals surface area contributed by atoms with Crippen LogP contribution in [-0.4, -0.2) is 25.2 Å². The number of anilines is 1. The Bertz CT molecular complexity index is 846. The summed E-state index contributed by atoms with van der Waals surface area (Å²) >= 11 is 1.29. The lowest BCUT2D eigenvalue weighted by Gasteiger charge is -2.03. The van der Waals surface area contributed by atoms with Gasteiger partial charge in [-0.3, -0.25) is 19.5 Å². The minimum Gasteiger partial charge on any atom is -0.303 e. The number of carbonyl (C=O) groups excluding carboxylic acids is 1. The molecule has 22 heavy (non-hydrogen) atoms. The van der Waals surface area contributed by atoms with Gasteiger partial charge in [0.25, 0.3) is 5.56 Å². The molecular weight excluding hydrogens is 306 g/mol. The van der Waals surface area contributed by atoms with Crippen LogP contribution in [0.1, 0.15) is 17.5 Å². The molecule has 1 amide bonds. The van der Waals surface area contributed by atoms with E-state index >= 15 is 0 Å². The van der Waals surface area contributed by atoms with Crippen LogP contribution >= 0.6 is 11.3 Å². The van der Waals surface area contributed by atoms with Gasteiger partial charge in [0, 0.05) is 26.4 Å². The molecule has 0 radical (unpaired) electrons. The molecule has 8 nitrogen and oxygen atoms in total. The van der Waals surface area contributed by atoms with Crippen LogP contribution in [0, 0.1) is 0 Å². The Morgan fingerprint density at radius 2 is 2.09 bits per heavy atom. The standard InChI is InChI=1S/C13H15N5O3S/c1-4-10-15-16-12(22-10)14-9(19)6-5-8-7-17(2)13(21)18(3)11(8)20/h5-7H,4H2,1-3H3,(H,14,16,19)/b6-5+. The molecule has 0 atom stereocenters. The predicted molar refractivity (Wildman–Crippen MR) is 83.9 cm³/mol. The van der Waals surface area contributed by atoms with Gasteiger partial charge in [-0.2, -0.15) is 0 Å². The van der Waals surface area contributed by atoms with Crippen LogP contribution in [-0.2, 0) is 25.3 Å². The number of nitrogens with one attached hydrogen (secondary N) is 1. The third kappa shape index (κ3) is 3.37. The number of nitrogens with zero attached hydrogens (tertiary/aromatic N) is 4. The fourth-order valence-corrected chi connectivity index (χ4v) is 2.39. The van der Waals surface area contributed by atoms with E-state index in [1.54, 1.807) is 0 Å². The Kier molecular flexibility index (Phi) is 4.66. The topological polar surface area (TPSA) is 98.9 Å². The van der Waals surface area contributed by atoms with Crippen molar-refractivity contribution in [2.75, 3.05) is 5.32 Å². The van der Waals surface area contributed by atoms with E-state index in [2.05, 4.69) is 15.5 Å². The highest BCUT2D eigenvalue weighted by Gasteiger charge is 2.07. The molecule has 0 unspecified atom stereocenters. The summed E-state index contributed by atoms with van der Waals surface area (Å²) in [6, 6.07) is 0. The Balaban J connectivity index is 2.16. The molecule has 0 bridgehead atoms. The second-order valence-corrected chi connectivity index (χ2v) is 5.58. The number of aromatic nitrogens is 4. The highest BCUT2D eigenvalue weighted by Crippen LogP contribution is 2.15. The van der Waals surface area contributed by atoms with Crippen molar-refractivity contribution in [2.45, 2.75) is 13.3 Å². The summed E-state index contributed by atoms with van der Waals surface area (Å²) in [5.41, 5.74) is -0.643. The zero-order valence-corrected chi connectivity index (χ0v) is 13.2. The second kappa shape index (κ2) is 6.48. The highest BCUT2D eigenvalue weighted by molar-refractivity contribution is 7.15. The summed E-state index contributed by atoms with van der Waals surface area (Å²) in [7, 11) is 2.92. The van der Waals surface area contributed by atoms with Crippen molar-refractivity contribution in [3.05, 3.63) is 43.7 Å². The number of aryl methyl sites for hydroxylation is 2. The van der Waals surface area contributed by atoms with Gasteiger partial charge >= 0.3 is 5.69 Å². The molecule has 0 saturated carbocycles. The molecule has 9 heteroatoms. The first-order chi connectivity index (χ1) is 10.4. The Labute approximate surface area is 129 Å². The largest absolute Gasteiger partial charge is 0.330 e. The van der Waals surface area contributed by atoms with Crippen LogP contribution in [0.2, 0.25) is 0 Å². The van der Waals surface area contributed by atoms with Gasteiger partial charge in [-0.15, -0.1) is 10.2 Å². The summed E-state index contributed by atoms with van der Waals surface area (Å²) in [6.07, 6.45) is 4.71. The number of hydrogen-bond donors (Lipinski definition) is 1. The van der Waals surface area contributed by atoms with E-state index in [4.69, 9.17) is 0 Å². The van der Waals surface area contributed by atoms with Crippen LogP contribution in [0.25, 0.3) is 6.08 Å². The molecule has 2 rings (SSSR count). The molecule has 116 valence electrons. The number of carbonyl (C=O) groups is 1. The van der Waals surface area contributed by atoms with Crippen molar-refractivity contribution in [2.24, 2.45) is 14.1 Å². The van der Waals surface area contributed by atoms with E-state index in [0.29, 0.717) is 5.13 Å². The predicted octanol–water partition coefficient (Wildman–Crippen LogP) is 0.150. The summed E-state index contributed by atoms with van der Waals surface area (Å²) in [5.74, 6) is -0.422. The van der Waals surface area contributed by atoms with Crippen LogP contribution in [0.4, 0.5) is 5.13 Å². The first kappa shape index (κ1) is 15.8. The van der Waals surface area contributed by atoms with Crippen molar-refractivity contribution >= 4 is 28.5 Å². The smallest absolute Gasteiger partial charge is 0.303 e. The number of amides is 1. The fraction of sp³-hybridized carbons (Fsp3) is 0.308. The molecule has 0 spiro atoms. The lowest BCUT2D eigenvalue weighted by molar-refractivity contribution is -0.111. The molecule has 0 fully saturated rings. The molecule has 0 aromatic carbocycles. The Morgan fingerprint density at radius 3 is 2.73 bits per heavy atom. The minimum absolute atomic E-state index is 0.242. The lowest BCUT2D eigenvalue weighted by Crippen LogP contribution is -2.37. The van der Waals surface area contributed by atoms with Gasteiger partial charge in [0.1, 0.15) is 5.01 Å². The molecule has 2 aromatic heterocycles. The molecule has 0 saturated heterocycles. The van der Waals surface area contributed by atoms with E-state index in [9.17, 15) is 14.4 Å². The maximum absolute atomic E-state index is 11.9. The van der Waals surface area contributed by atoms with Gasteiger partial charge in [-0.05, 0) is 12.5 Å². The SMILES string of the molecule is CCc1nnc(NC(=O)/C=C/c2cn(C)c(=O)n(C)c2=O)s1. The highest BCUT2D eigenvalue weighted by atomic mass is 32.1. The monoisotopic (exact) mass is 321 g/mol. The molecular formula is C13H15N5O3S. The van der Waals surface area contributed by atoms with E-state index in [1.807, 2.05) is 6.92 Å². The normalized spacial score (nSPS) is 11.0. The second-order valence-electron chi connectivity index (χ2n) is 4.52. The zero-order chi connectivity index (χ0) is 16.3. The van der Waals surface area contributed by atoms with Crippen LogP contribution in [0.15, 0.2) is 21.9 Å². The average molecular weight is 321 g/mol. The van der Waals surface area contributed by atoms with Crippen molar-refractivity contribution in [1.82, 2.24) is 19.3 Å². The van der Waals surface area contributed by atoms with Crippen molar-refractivity contribution < 1.29 is 4.79 Å². The first-order valence-electron chi connectivity index (χ1n) is 6.50. The fourth-order valence-electron chi connectivity index (χ4n) is 1.71. The van der Waals surface area contributed by atoms with Gasteiger partial charge in [-0.1, -0.05) is 18.3 Å². The maximum atomic E-state index is 11.9. The third-order valence-corrected chi connectivity index (χ3v) is 3.87. The molecule has 1 N–H and O–H groups in total. The first-order valence-corrected chi connectivity index (χ1v) is 7.32. The van der Waals surface area contributed by atoms with E-state index < -0.39 is 17.2 Å². The van der Waals surface area contributed by atoms with Crippen LogP contribution < -0.4 is 16.6 Å². The lowest BCUT2D eigenvalue weighted by atomic mass is 10.3. The van der Waals surface area contributed by atoms with Crippen molar-refractivity contribution in [3.8, 4) is 0 Å².